The fourth-order valence-electron chi connectivity index (χ4n) is 0.0572. The topological polar surface area (TPSA) is 86.6 Å². The van der Waals surface area contributed by atoms with Gasteiger partial charge in [-0.3, -0.25) is 9.59 Å². The third kappa shape index (κ3) is 69.3. The Morgan fingerprint density at radius 1 is 1.50 bits per heavy atom. The molecule has 3 N–H and O–H groups in total. The molecule has 0 heterocycles. The maximum absolute atomic E-state index is 10.6. The number of halogens is 1. The largest absolute Gasteiger partial charge is 0.481 e. The van der Waals surface area contributed by atoms with Gasteiger partial charge in [0.15, 0.2) is 0 Å². The first-order valence-electron chi connectivity index (χ1n) is 2.25. The van der Waals surface area contributed by atoms with Gasteiger partial charge in [-0.15, -0.1) is 10.0 Å². The minimum Gasteiger partial charge on any atom is -0.481 e. The molecule has 0 bridgehead atoms. The lowest BCUT2D eigenvalue weighted by atomic mass is 10.7. The Bertz CT molecular complexity index is 112. The van der Waals surface area contributed by atoms with Crippen LogP contribution in [0.25, 0.3) is 0 Å². The van der Waals surface area contributed by atoms with Crippen molar-refractivity contribution in [1.29, 1.82) is 0 Å². The van der Waals surface area contributed by atoms with Crippen molar-refractivity contribution >= 4 is 11.9 Å². The zero-order valence-electron chi connectivity index (χ0n) is 5.30. The molecular weight excluding hydrogens is 145 g/mol. The summed E-state index contributed by atoms with van der Waals surface area (Å²) in [5.74, 6) is -2.03. The summed E-state index contributed by atoms with van der Waals surface area (Å²) in [6, 6.07) is 0. The van der Waals surface area contributed by atoms with Gasteiger partial charge in [0.05, 0.1) is 0 Å². The van der Waals surface area contributed by atoms with Gasteiger partial charge in [0.2, 0.25) is 0 Å². The van der Waals surface area contributed by atoms with Gasteiger partial charge in [-0.25, -0.2) is 0 Å². The highest BCUT2D eigenvalue weighted by molar-refractivity contribution is 5.68. The van der Waals surface area contributed by atoms with E-state index in [9.17, 15) is 9.28 Å². The molecule has 0 saturated heterocycles. The van der Waals surface area contributed by atoms with E-state index < -0.39 is 18.5 Å². The van der Waals surface area contributed by atoms with Crippen LogP contribution in [0.3, 0.4) is 0 Å². The number of nitrogens with one attached hydrogen (secondary N) is 1. The highest BCUT2D eigenvalue weighted by Crippen LogP contribution is 1.55. The zero-order chi connectivity index (χ0) is 8.57. The average Bonchev–Trinajstić information content (AvgIpc) is 1.62. The monoisotopic (exact) mass is 153 g/mol. The number of hydrogen-bond acceptors (Lipinski definition) is 3. The van der Waals surface area contributed by atoms with E-state index in [-0.39, 0.29) is 0 Å². The van der Waals surface area contributed by atoms with Crippen LogP contribution in [0.5, 0.6) is 0 Å². The van der Waals surface area contributed by atoms with E-state index >= 15 is 0 Å². The average molecular weight is 153 g/mol. The smallest absolute Gasteiger partial charge is 0.320 e. The lowest BCUT2D eigenvalue weighted by molar-refractivity contribution is -0.137. The summed E-state index contributed by atoms with van der Waals surface area (Å²) in [6.07, 6.45) is 0. The predicted molar refractivity (Wildman–Crippen MR) is 30.1 cm³/mol. The Morgan fingerprint density at radius 3 is 1.80 bits per heavy atom. The van der Waals surface area contributed by atoms with Gasteiger partial charge < -0.3 is 10.2 Å². The first kappa shape index (κ1) is 11.6. The van der Waals surface area contributed by atoms with Crippen LogP contribution < -0.4 is 5.54 Å². The number of carboxylic acid groups (broad SMARTS) is 2. The lowest BCUT2D eigenvalue weighted by Gasteiger charge is -1.80. The maximum atomic E-state index is 10.6. The summed E-state index contributed by atoms with van der Waals surface area (Å²) < 4.78 is 10.6. The van der Waals surface area contributed by atoms with E-state index in [1.807, 2.05) is 0 Å². The highest BCUT2D eigenvalue weighted by atomic mass is 19.2. The van der Waals surface area contributed by atoms with Crippen molar-refractivity contribution in [2.75, 3.05) is 6.54 Å². The van der Waals surface area contributed by atoms with Crippen LogP contribution in [-0.4, -0.2) is 28.7 Å². The molecule has 0 aromatic carbocycles. The molecule has 0 atom stereocenters. The zero-order valence-corrected chi connectivity index (χ0v) is 5.30. The molecule has 0 rings (SSSR count). The van der Waals surface area contributed by atoms with E-state index in [2.05, 4.69) is 0 Å². The third-order valence-electron chi connectivity index (χ3n) is 0.218. The van der Waals surface area contributed by atoms with E-state index in [0.717, 1.165) is 12.5 Å². The molecule has 0 aromatic heterocycles. The molecule has 0 radical (unpaired) electrons. The molecule has 0 aliphatic carbocycles. The van der Waals surface area contributed by atoms with Crippen LogP contribution in [-0.2, 0) is 9.59 Å². The molecule has 5 nitrogen and oxygen atoms in total. The summed E-state index contributed by atoms with van der Waals surface area (Å²) >= 11 is 0. The highest BCUT2D eigenvalue weighted by Gasteiger charge is 1.88. The number of hydrogen-bond donors (Lipinski definition) is 3. The second-order valence-corrected chi connectivity index (χ2v) is 1.22. The molecule has 0 aliphatic heterocycles. The van der Waals surface area contributed by atoms with Crippen molar-refractivity contribution in [1.82, 2.24) is 5.54 Å². The summed E-state index contributed by atoms with van der Waals surface area (Å²) in [5.41, 5.74) is 0.968. The second-order valence-electron chi connectivity index (χ2n) is 1.22. The van der Waals surface area contributed by atoms with E-state index in [1.165, 1.54) is 0 Å². The van der Waals surface area contributed by atoms with Gasteiger partial charge in [-0.2, -0.15) is 0 Å². The van der Waals surface area contributed by atoms with Crippen LogP contribution in [0.15, 0.2) is 0 Å². The van der Waals surface area contributed by atoms with Crippen molar-refractivity contribution in [2.45, 2.75) is 6.92 Å². The van der Waals surface area contributed by atoms with Crippen molar-refractivity contribution in [3.63, 3.8) is 0 Å². The molecule has 0 unspecified atom stereocenters. The van der Waals surface area contributed by atoms with Crippen LogP contribution in [0.4, 0.5) is 4.48 Å². The number of carbonyl (C=O) groups is 2. The Morgan fingerprint density at radius 2 is 1.80 bits per heavy atom. The first-order valence-corrected chi connectivity index (χ1v) is 2.25. The van der Waals surface area contributed by atoms with Crippen molar-refractivity contribution in [3.05, 3.63) is 0 Å². The summed E-state index contributed by atoms with van der Waals surface area (Å²) in [5, 5.41) is 15.0. The molecule has 10 heavy (non-hydrogen) atoms. The standard InChI is InChI=1S/C2H4FNO2.C2H4O2/c3-4-1-2(5)6;1-2(3)4/h4H,1H2,(H,5,6);1H3,(H,3,4). The fourth-order valence-corrected chi connectivity index (χ4v) is 0.0572. The van der Waals surface area contributed by atoms with Crippen LogP contribution in [0.2, 0.25) is 0 Å². The quantitative estimate of drug-likeness (QED) is 0.471. The first-order chi connectivity index (χ1) is 4.50. The third-order valence-corrected chi connectivity index (χ3v) is 0.218. The van der Waals surface area contributed by atoms with Crippen molar-refractivity contribution < 1.29 is 24.3 Å². The molecule has 0 aliphatic rings. The molecular formula is C4H8FNO4. The van der Waals surface area contributed by atoms with E-state index in [0.29, 0.717) is 0 Å². The summed E-state index contributed by atoms with van der Waals surface area (Å²) in [7, 11) is 0. The number of aliphatic carboxylic acids is 2. The SMILES string of the molecule is CC(=O)O.O=C(O)CNF. The summed E-state index contributed by atoms with van der Waals surface area (Å²) in [4.78, 5) is 18.3. The van der Waals surface area contributed by atoms with E-state index in [4.69, 9.17) is 15.0 Å². The predicted octanol–water partition coefficient (Wildman–Crippen LogP) is -0.364. The molecule has 0 spiro atoms. The van der Waals surface area contributed by atoms with Gasteiger partial charge in [0.25, 0.3) is 5.97 Å². The Kier molecular flexibility index (Phi) is 9.09. The molecule has 0 amide bonds. The van der Waals surface area contributed by atoms with Crippen LogP contribution in [0, 0.1) is 0 Å². The summed E-state index contributed by atoms with van der Waals surface area (Å²) in [6.45, 7) is 0.458. The van der Waals surface area contributed by atoms with Crippen molar-refractivity contribution in [2.24, 2.45) is 0 Å². The molecule has 0 aromatic rings. The Hall–Kier alpha value is -1.17. The normalized spacial score (nSPS) is 7.40. The Balaban J connectivity index is 0. The fraction of sp³-hybridized carbons (Fsp3) is 0.500. The van der Waals surface area contributed by atoms with Gasteiger partial charge in [0, 0.05) is 6.92 Å². The molecule has 0 saturated carbocycles. The number of rotatable bonds is 2. The van der Waals surface area contributed by atoms with E-state index in [1.54, 1.807) is 0 Å². The van der Waals surface area contributed by atoms with Crippen LogP contribution >= 0.6 is 0 Å². The number of carboxylic acids is 2. The lowest BCUT2D eigenvalue weighted by Crippen LogP contribution is -2.13. The van der Waals surface area contributed by atoms with Gasteiger partial charge in [0.1, 0.15) is 6.54 Å². The molecule has 6 heteroatoms. The van der Waals surface area contributed by atoms with Gasteiger partial charge in [-0.05, 0) is 0 Å². The minimum absolute atomic E-state index is 0.625. The van der Waals surface area contributed by atoms with Gasteiger partial charge >= 0.3 is 5.97 Å². The van der Waals surface area contributed by atoms with Gasteiger partial charge in [-0.1, -0.05) is 0 Å². The van der Waals surface area contributed by atoms with Crippen molar-refractivity contribution in [3.8, 4) is 0 Å². The maximum Gasteiger partial charge on any atom is 0.320 e. The second kappa shape index (κ2) is 7.83. The van der Waals surface area contributed by atoms with Crippen LogP contribution in [0.1, 0.15) is 6.92 Å². The Labute approximate surface area is 56.4 Å². The molecule has 60 valence electrons. The molecule has 0 fully saturated rings. The minimum atomic E-state index is -1.20.